The Kier molecular flexibility index (Phi) is 7.85. The summed E-state index contributed by atoms with van der Waals surface area (Å²) in [5, 5.41) is 0. The quantitative estimate of drug-likeness (QED) is 0.431. The highest BCUT2D eigenvalue weighted by atomic mass is 32.2. The van der Waals surface area contributed by atoms with Gasteiger partial charge in [0, 0.05) is 16.9 Å². The molecule has 6 heteroatoms. The number of benzene rings is 2. The molecule has 0 spiro atoms. The van der Waals surface area contributed by atoms with Crippen molar-refractivity contribution < 1.29 is 14.3 Å². The van der Waals surface area contributed by atoms with Gasteiger partial charge in [0.25, 0.3) is 5.91 Å². The SMILES string of the molecule is CCOc1ccc(C(=O)NNC(=O)CCCSc2ccccc2)cc1. The van der Waals surface area contributed by atoms with Gasteiger partial charge in [0.1, 0.15) is 5.75 Å². The number of carbonyl (C=O) groups is 2. The summed E-state index contributed by atoms with van der Waals surface area (Å²) in [4.78, 5) is 24.9. The predicted octanol–water partition coefficient (Wildman–Crippen LogP) is 3.42. The van der Waals surface area contributed by atoms with Crippen LogP contribution in [-0.2, 0) is 4.79 Å². The lowest BCUT2D eigenvalue weighted by atomic mass is 10.2. The lowest BCUT2D eigenvalue weighted by Crippen LogP contribution is -2.41. The number of ether oxygens (including phenoxy) is 1. The van der Waals surface area contributed by atoms with E-state index in [1.807, 2.05) is 37.3 Å². The molecule has 0 atom stereocenters. The molecular formula is C19H22N2O3S. The molecular weight excluding hydrogens is 336 g/mol. The third-order valence-electron chi connectivity index (χ3n) is 3.30. The number of rotatable bonds is 8. The van der Waals surface area contributed by atoms with Crippen molar-refractivity contribution in [2.75, 3.05) is 12.4 Å². The predicted molar refractivity (Wildman–Crippen MR) is 99.6 cm³/mol. The minimum Gasteiger partial charge on any atom is -0.494 e. The minimum atomic E-state index is -0.352. The second-order valence-corrected chi connectivity index (χ2v) is 6.39. The Balaban J connectivity index is 1.64. The minimum absolute atomic E-state index is 0.201. The van der Waals surface area contributed by atoms with Gasteiger partial charge in [-0.25, -0.2) is 0 Å². The van der Waals surface area contributed by atoms with Gasteiger partial charge in [-0.05, 0) is 55.5 Å². The molecule has 0 bridgehead atoms. The molecule has 2 rings (SSSR count). The zero-order chi connectivity index (χ0) is 17.9. The zero-order valence-corrected chi connectivity index (χ0v) is 15.0. The Hall–Kier alpha value is -2.47. The van der Waals surface area contributed by atoms with Crippen molar-refractivity contribution in [3.63, 3.8) is 0 Å². The van der Waals surface area contributed by atoms with Gasteiger partial charge in [0.2, 0.25) is 5.91 Å². The topological polar surface area (TPSA) is 67.4 Å². The van der Waals surface area contributed by atoms with Gasteiger partial charge >= 0.3 is 0 Å². The summed E-state index contributed by atoms with van der Waals surface area (Å²) in [6.07, 6.45) is 1.10. The number of nitrogens with one attached hydrogen (secondary N) is 2. The monoisotopic (exact) mass is 358 g/mol. The van der Waals surface area contributed by atoms with Crippen molar-refractivity contribution in [1.29, 1.82) is 0 Å². The Morgan fingerprint density at radius 1 is 1.00 bits per heavy atom. The van der Waals surface area contributed by atoms with Crippen LogP contribution < -0.4 is 15.6 Å². The molecule has 0 unspecified atom stereocenters. The number of hydrogen-bond acceptors (Lipinski definition) is 4. The molecule has 132 valence electrons. The van der Waals surface area contributed by atoms with Crippen LogP contribution in [0.25, 0.3) is 0 Å². The average molecular weight is 358 g/mol. The van der Waals surface area contributed by atoms with E-state index in [4.69, 9.17) is 4.74 Å². The normalized spacial score (nSPS) is 10.1. The lowest BCUT2D eigenvalue weighted by Gasteiger charge is -2.08. The largest absolute Gasteiger partial charge is 0.494 e. The van der Waals surface area contributed by atoms with Crippen LogP contribution in [0.3, 0.4) is 0 Å². The summed E-state index contributed by atoms with van der Waals surface area (Å²) in [5.41, 5.74) is 5.32. The van der Waals surface area contributed by atoms with Gasteiger partial charge in [-0.2, -0.15) is 0 Å². The van der Waals surface area contributed by atoms with Crippen LogP contribution in [0.1, 0.15) is 30.1 Å². The van der Waals surface area contributed by atoms with E-state index < -0.39 is 0 Å². The van der Waals surface area contributed by atoms with E-state index >= 15 is 0 Å². The molecule has 2 N–H and O–H groups in total. The van der Waals surface area contributed by atoms with Gasteiger partial charge in [-0.3, -0.25) is 20.4 Å². The molecule has 0 heterocycles. The third-order valence-corrected chi connectivity index (χ3v) is 4.40. The van der Waals surface area contributed by atoms with E-state index in [2.05, 4.69) is 10.9 Å². The molecule has 0 aliphatic heterocycles. The fourth-order valence-corrected chi connectivity index (χ4v) is 2.94. The highest BCUT2D eigenvalue weighted by molar-refractivity contribution is 7.99. The summed E-state index contributed by atoms with van der Waals surface area (Å²) < 4.78 is 5.32. The standard InChI is InChI=1S/C19H22N2O3S/c1-2-24-16-12-10-15(11-13-16)19(23)21-20-18(22)9-6-14-25-17-7-4-3-5-8-17/h3-5,7-8,10-13H,2,6,9,14H2,1H3,(H,20,22)(H,21,23). The third kappa shape index (κ3) is 6.89. The van der Waals surface area contributed by atoms with Crippen LogP contribution in [0.5, 0.6) is 5.75 Å². The highest BCUT2D eigenvalue weighted by Crippen LogP contribution is 2.18. The van der Waals surface area contributed by atoms with Gasteiger partial charge in [-0.1, -0.05) is 18.2 Å². The van der Waals surface area contributed by atoms with Crippen molar-refractivity contribution in [2.45, 2.75) is 24.7 Å². The van der Waals surface area contributed by atoms with Crippen LogP contribution >= 0.6 is 11.8 Å². The van der Waals surface area contributed by atoms with Crippen molar-refractivity contribution >= 4 is 23.6 Å². The molecule has 0 aliphatic rings. The Labute approximate surface area is 152 Å². The second-order valence-electron chi connectivity index (χ2n) is 5.22. The summed E-state index contributed by atoms with van der Waals surface area (Å²) in [7, 11) is 0. The molecule has 25 heavy (non-hydrogen) atoms. The number of carbonyl (C=O) groups excluding carboxylic acids is 2. The fourth-order valence-electron chi connectivity index (χ4n) is 2.07. The first-order valence-electron chi connectivity index (χ1n) is 8.19. The number of hydrogen-bond donors (Lipinski definition) is 2. The molecule has 2 aromatic rings. The number of amides is 2. The van der Waals surface area contributed by atoms with Crippen molar-refractivity contribution in [2.24, 2.45) is 0 Å². The van der Waals surface area contributed by atoms with Crippen molar-refractivity contribution in [3.05, 3.63) is 60.2 Å². The summed E-state index contributed by atoms with van der Waals surface area (Å²) in [5.74, 6) is 1.01. The molecule has 0 saturated heterocycles. The van der Waals surface area contributed by atoms with Gasteiger partial charge < -0.3 is 4.74 Å². The number of hydrazine groups is 1. The van der Waals surface area contributed by atoms with Crippen LogP contribution in [0.15, 0.2) is 59.5 Å². The van der Waals surface area contributed by atoms with E-state index in [-0.39, 0.29) is 11.8 Å². The lowest BCUT2D eigenvalue weighted by molar-refractivity contribution is -0.121. The van der Waals surface area contributed by atoms with E-state index in [0.717, 1.165) is 12.2 Å². The van der Waals surface area contributed by atoms with E-state index in [0.29, 0.717) is 24.3 Å². The van der Waals surface area contributed by atoms with E-state index in [9.17, 15) is 9.59 Å². The Bertz CT molecular complexity index is 675. The molecule has 0 aromatic heterocycles. The van der Waals surface area contributed by atoms with Gasteiger partial charge in [0.05, 0.1) is 6.61 Å². The first kappa shape index (κ1) is 18.9. The first-order chi connectivity index (χ1) is 12.2. The molecule has 0 saturated carbocycles. The maximum atomic E-state index is 12.0. The van der Waals surface area contributed by atoms with Crippen molar-refractivity contribution in [1.82, 2.24) is 10.9 Å². The second kappa shape index (κ2) is 10.4. The Morgan fingerprint density at radius 2 is 1.72 bits per heavy atom. The molecule has 0 fully saturated rings. The average Bonchev–Trinajstić information content (AvgIpc) is 2.65. The molecule has 5 nitrogen and oxygen atoms in total. The molecule has 2 aromatic carbocycles. The van der Waals surface area contributed by atoms with Crippen LogP contribution in [-0.4, -0.2) is 24.2 Å². The molecule has 2 amide bonds. The Morgan fingerprint density at radius 3 is 2.40 bits per heavy atom. The van der Waals surface area contributed by atoms with Crippen LogP contribution in [0.4, 0.5) is 0 Å². The molecule has 0 radical (unpaired) electrons. The summed E-state index contributed by atoms with van der Waals surface area (Å²) in [6, 6.07) is 16.8. The van der Waals surface area contributed by atoms with Crippen LogP contribution in [0, 0.1) is 0 Å². The van der Waals surface area contributed by atoms with Gasteiger partial charge in [-0.15, -0.1) is 11.8 Å². The maximum Gasteiger partial charge on any atom is 0.269 e. The maximum absolute atomic E-state index is 12.0. The smallest absolute Gasteiger partial charge is 0.269 e. The first-order valence-corrected chi connectivity index (χ1v) is 9.17. The summed E-state index contributed by atoms with van der Waals surface area (Å²) in [6.45, 7) is 2.47. The van der Waals surface area contributed by atoms with E-state index in [1.165, 1.54) is 4.90 Å². The zero-order valence-electron chi connectivity index (χ0n) is 14.2. The highest BCUT2D eigenvalue weighted by Gasteiger charge is 2.07. The molecule has 0 aliphatic carbocycles. The van der Waals surface area contributed by atoms with Crippen molar-refractivity contribution in [3.8, 4) is 5.75 Å². The van der Waals surface area contributed by atoms with Gasteiger partial charge in [0.15, 0.2) is 0 Å². The summed E-state index contributed by atoms with van der Waals surface area (Å²) >= 11 is 1.71. The fraction of sp³-hybridized carbons (Fsp3) is 0.263. The van der Waals surface area contributed by atoms with E-state index in [1.54, 1.807) is 36.0 Å². The van der Waals surface area contributed by atoms with Crippen LogP contribution in [0.2, 0.25) is 0 Å². The number of thioether (sulfide) groups is 1.